The number of nitrogens with zero attached hydrogens (tertiary/aromatic N) is 3. The Bertz CT molecular complexity index is 1510. The summed E-state index contributed by atoms with van der Waals surface area (Å²) in [5.41, 5.74) is 3.45. The normalized spacial score (nSPS) is 20.0. The summed E-state index contributed by atoms with van der Waals surface area (Å²) >= 11 is 0. The first-order valence-corrected chi connectivity index (χ1v) is 12.5. The number of para-hydroxylation sites is 1. The van der Waals surface area contributed by atoms with Gasteiger partial charge in [-0.25, -0.2) is 0 Å². The van der Waals surface area contributed by atoms with Crippen molar-refractivity contribution in [2.24, 2.45) is 5.92 Å². The maximum atomic E-state index is 13.0. The van der Waals surface area contributed by atoms with Crippen LogP contribution >= 0.6 is 0 Å². The quantitative estimate of drug-likeness (QED) is 0.418. The highest BCUT2D eigenvalue weighted by Gasteiger charge is 2.39. The Balaban J connectivity index is 1.13. The lowest BCUT2D eigenvalue weighted by Crippen LogP contribution is -2.52. The molecule has 2 saturated heterocycles. The molecule has 3 aliphatic rings. The Labute approximate surface area is 213 Å². The molecular formula is C28H25N5O4. The standard InChI is InChI=1S/C28H25N5O4/c34-24-11-10-23(26(35)29-24)33-16-21-18(4-3-6-19(21)27(33)36)9-8-17-12-14-32(15-13-17)28(37)25-20-5-1-2-7-22(20)30-31-25/h1-7,17,23H,10-16H2,(H,30,31)(H,29,34,35). The molecule has 0 radical (unpaired) electrons. The molecule has 4 heterocycles. The molecule has 1 unspecified atom stereocenters. The van der Waals surface area contributed by atoms with Gasteiger partial charge in [0.2, 0.25) is 11.8 Å². The second-order valence-corrected chi connectivity index (χ2v) is 9.69. The van der Waals surface area contributed by atoms with Crippen molar-refractivity contribution in [1.29, 1.82) is 0 Å². The molecule has 6 rings (SSSR count). The van der Waals surface area contributed by atoms with E-state index in [1.165, 1.54) is 0 Å². The highest BCUT2D eigenvalue weighted by molar-refractivity contribution is 6.06. The highest BCUT2D eigenvalue weighted by Crippen LogP contribution is 2.30. The summed E-state index contributed by atoms with van der Waals surface area (Å²) in [6.07, 6.45) is 2.08. The number of benzene rings is 2. The molecule has 3 aliphatic heterocycles. The number of piperidine rings is 2. The second kappa shape index (κ2) is 9.21. The van der Waals surface area contributed by atoms with Gasteiger partial charge >= 0.3 is 0 Å². The zero-order chi connectivity index (χ0) is 25.5. The molecule has 0 aliphatic carbocycles. The Morgan fingerprint density at radius 3 is 2.62 bits per heavy atom. The molecular weight excluding hydrogens is 470 g/mol. The number of hydrogen-bond acceptors (Lipinski definition) is 5. The number of H-pyrrole nitrogens is 1. The van der Waals surface area contributed by atoms with Gasteiger partial charge in [0.1, 0.15) is 6.04 Å². The minimum Gasteiger partial charge on any atom is -0.337 e. The van der Waals surface area contributed by atoms with Crippen LogP contribution in [0.1, 0.15) is 57.7 Å². The van der Waals surface area contributed by atoms with Crippen LogP contribution in [-0.4, -0.2) is 62.8 Å². The van der Waals surface area contributed by atoms with Crippen molar-refractivity contribution in [1.82, 2.24) is 25.3 Å². The highest BCUT2D eigenvalue weighted by atomic mass is 16.2. The van der Waals surface area contributed by atoms with Crippen LogP contribution < -0.4 is 5.32 Å². The van der Waals surface area contributed by atoms with Gasteiger partial charge in [-0.15, -0.1) is 0 Å². The molecule has 1 aromatic heterocycles. The zero-order valence-corrected chi connectivity index (χ0v) is 20.1. The molecule has 186 valence electrons. The van der Waals surface area contributed by atoms with E-state index in [0.717, 1.165) is 34.9 Å². The Kier molecular flexibility index (Phi) is 5.72. The predicted molar refractivity (Wildman–Crippen MR) is 134 cm³/mol. The summed E-state index contributed by atoms with van der Waals surface area (Å²) in [4.78, 5) is 53.3. The Morgan fingerprint density at radius 2 is 1.81 bits per heavy atom. The van der Waals surface area contributed by atoms with E-state index in [1.807, 2.05) is 41.3 Å². The number of imide groups is 1. The van der Waals surface area contributed by atoms with Crippen molar-refractivity contribution in [2.45, 2.75) is 38.3 Å². The fourth-order valence-electron chi connectivity index (χ4n) is 5.39. The van der Waals surface area contributed by atoms with Crippen molar-refractivity contribution in [3.8, 4) is 11.8 Å². The Morgan fingerprint density at radius 1 is 1.00 bits per heavy atom. The van der Waals surface area contributed by atoms with E-state index in [1.54, 1.807) is 11.0 Å². The smallest absolute Gasteiger partial charge is 0.274 e. The monoisotopic (exact) mass is 495 g/mol. The molecule has 37 heavy (non-hydrogen) atoms. The number of likely N-dealkylation sites (tertiary alicyclic amines) is 1. The van der Waals surface area contributed by atoms with Crippen molar-refractivity contribution in [3.63, 3.8) is 0 Å². The minimum atomic E-state index is -0.646. The largest absolute Gasteiger partial charge is 0.337 e. The van der Waals surface area contributed by atoms with E-state index >= 15 is 0 Å². The number of amides is 4. The van der Waals surface area contributed by atoms with E-state index in [4.69, 9.17) is 0 Å². The summed E-state index contributed by atoms with van der Waals surface area (Å²) in [6.45, 7) is 1.51. The molecule has 1 atom stereocenters. The topological polar surface area (TPSA) is 115 Å². The number of nitrogens with one attached hydrogen (secondary N) is 2. The van der Waals surface area contributed by atoms with Crippen molar-refractivity contribution in [3.05, 3.63) is 64.8 Å². The van der Waals surface area contributed by atoms with Crippen molar-refractivity contribution < 1.29 is 19.2 Å². The second-order valence-electron chi connectivity index (χ2n) is 9.69. The lowest BCUT2D eigenvalue weighted by atomic mass is 9.96. The van der Waals surface area contributed by atoms with E-state index < -0.39 is 11.9 Å². The van der Waals surface area contributed by atoms with Crippen LogP contribution in [0.3, 0.4) is 0 Å². The summed E-state index contributed by atoms with van der Waals surface area (Å²) in [5, 5.41) is 10.3. The van der Waals surface area contributed by atoms with Gasteiger partial charge in [0.25, 0.3) is 11.8 Å². The predicted octanol–water partition coefficient (Wildman–Crippen LogP) is 2.23. The van der Waals surface area contributed by atoms with Gasteiger partial charge in [0.05, 0.1) is 5.52 Å². The molecule has 9 nitrogen and oxygen atoms in total. The first kappa shape index (κ1) is 23.0. The van der Waals surface area contributed by atoms with Crippen LogP contribution in [0.5, 0.6) is 0 Å². The first-order valence-electron chi connectivity index (χ1n) is 12.5. The molecule has 0 saturated carbocycles. The maximum Gasteiger partial charge on any atom is 0.274 e. The third kappa shape index (κ3) is 4.14. The average Bonchev–Trinajstić information content (AvgIpc) is 3.49. The third-order valence-corrected chi connectivity index (χ3v) is 7.45. The maximum absolute atomic E-state index is 13.0. The molecule has 4 amide bonds. The van der Waals surface area contributed by atoms with Crippen LogP contribution in [0.15, 0.2) is 42.5 Å². The van der Waals surface area contributed by atoms with Gasteiger partial charge in [-0.05, 0) is 43.0 Å². The Hall–Kier alpha value is -4.45. The SMILES string of the molecule is O=C1CCC(N2Cc3c(C#CC4CCN(C(=O)c5n[nH]c6ccccc56)CC4)cccc3C2=O)C(=O)N1. The van der Waals surface area contributed by atoms with Gasteiger partial charge < -0.3 is 9.80 Å². The number of rotatable bonds is 2. The van der Waals surface area contributed by atoms with E-state index in [2.05, 4.69) is 27.4 Å². The number of aromatic amines is 1. The van der Waals surface area contributed by atoms with E-state index in [0.29, 0.717) is 37.3 Å². The fourth-order valence-corrected chi connectivity index (χ4v) is 5.39. The summed E-state index contributed by atoms with van der Waals surface area (Å²) in [7, 11) is 0. The van der Waals surface area contributed by atoms with Crippen LogP contribution in [0.4, 0.5) is 0 Å². The molecule has 2 fully saturated rings. The third-order valence-electron chi connectivity index (χ3n) is 7.45. The first-order chi connectivity index (χ1) is 18.0. The van der Waals surface area contributed by atoms with E-state index in [9.17, 15) is 19.2 Å². The minimum absolute atomic E-state index is 0.0724. The molecule has 2 aromatic carbocycles. The van der Waals surface area contributed by atoms with E-state index in [-0.39, 0.29) is 30.1 Å². The van der Waals surface area contributed by atoms with Gasteiger partial charge in [-0.2, -0.15) is 5.10 Å². The number of hydrogen-bond donors (Lipinski definition) is 2. The van der Waals surface area contributed by atoms with Crippen molar-refractivity contribution in [2.75, 3.05) is 13.1 Å². The number of aromatic nitrogens is 2. The van der Waals surface area contributed by atoms with Crippen LogP contribution in [0, 0.1) is 17.8 Å². The molecule has 0 spiro atoms. The van der Waals surface area contributed by atoms with Gasteiger partial charge in [0.15, 0.2) is 5.69 Å². The van der Waals surface area contributed by atoms with Crippen LogP contribution in [-0.2, 0) is 16.1 Å². The number of carbonyl (C=O) groups is 4. The van der Waals surface area contributed by atoms with Gasteiger partial charge in [0, 0.05) is 48.5 Å². The summed E-state index contributed by atoms with van der Waals surface area (Å²) in [6, 6.07) is 12.4. The van der Waals surface area contributed by atoms with Gasteiger partial charge in [-0.3, -0.25) is 29.6 Å². The number of carbonyl (C=O) groups excluding carboxylic acids is 4. The molecule has 0 bridgehead atoms. The zero-order valence-electron chi connectivity index (χ0n) is 20.1. The van der Waals surface area contributed by atoms with Gasteiger partial charge in [-0.1, -0.05) is 36.1 Å². The summed E-state index contributed by atoms with van der Waals surface area (Å²) in [5.74, 6) is 5.76. The molecule has 9 heteroatoms. The summed E-state index contributed by atoms with van der Waals surface area (Å²) < 4.78 is 0. The average molecular weight is 496 g/mol. The van der Waals surface area contributed by atoms with Crippen LogP contribution in [0.2, 0.25) is 0 Å². The fraction of sp³-hybridized carbons (Fsp3) is 0.321. The van der Waals surface area contributed by atoms with Crippen LogP contribution in [0.25, 0.3) is 10.9 Å². The molecule has 2 N–H and O–H groups in total. The van der Waals surface area contributed by atoms with Crippen molar-refractivity contribution >= 4 is 34.5 Å². The lowest BCUT2D eigenvalue weighted by molar-refractivity contribution is -0.136. The molecule has 3 aromatic rings. The lowest BCUT2D eigenvalue weighted by Gasteiger charge is -2.29. The number of fused-ring (bicyclic) bond motifs is 2.